The van der Waals surface area contributed by atoms with Crippen molar-refractivity contribution in [2.45, 2.75) is 157 Å². The van der Waals surface area contributed by atoms with Crippen LogP contribution in [0.1, 0.15) is 260 Å². The molecule has 0 atom stereocenters. The van der Waals surface area contributed by atoms with Crippen molar-refractivity contribution in [3.8, 4) is 45.0 Å². The number of nitrogens with one attached hydrogen (secondary N) is 4. The lowest BCUT2D eigenvalue weighted by Gasteiger charge is -2.22. The number of halogens is 2. The summed E-state index contributed by atoms with van der Waals surface area (Å²) < 4.78 is 1.39. The second-order valence-electron chi connectivity index (χ2n) is 30.0. The molecule has 5 saturated carbocycles. The molecule has 26 heteroatoms. The number of rotatable bonds is 16. The molecule has 9 aliphatic rings. The molecule has 1 amide bonds. The van der Waals surface area contributed by atoms with Crippen LogP contribution in [0.25, 0.3) is 45.0 Å². The zero-order valence-corrected chi connectivity index (χ0v) is 61.9. The zero-order valence-electron chi connectivity index (χ0n) is 60.3. The highest BCUT2D eigenvalue weighted by Gasteiger charge is 2.45. The Labute approximate surface area is 625 Å². The monoisotopic (exact) mass is 1480 g/mol. The molecule has 4 aromatic heterocycles. The summed E-state index contributed by atoms with van der Waals surface area (Å²) in [5.41, 5.74) is 14.4. The number of imidazole rings is 4. The molecule has 4 aromatic carbocycles. The van der Waals surface area contributed by atoms with Crippen molar-refractivity contribution in [2.75, 3.05) is 16.0 Å². The van der Waals surface area contributed by atoms with Crippen LogP contribution in [-0.4, -0.2) is 126 Å². The number of Topliss-reactive ketones (excluding diaryl/α,β-unsaturated/α-hetero) is 11. The van der Waals surface area contributed by atoms with Gasteiger partial charge in [0.1, 0.15) is 86.2 Å². The van der Waals surface area contributed by atoms with Gasteiger partial charge in [-0.2, -0.15) is 0 Å². The number of hydrogen-bond acceptors (Lipinski definition) is 19. The second-order valence-corrected chi connectivity index (χ2v) is 30.8. The Morgan fingerprint density at radius 3 is 1.18 bits per heavy atom. The average Bonchev–Trinajstić information content (AvgIpc) is 1.61. The van der Waals surface area contributed by atoms with Crippen LogP contribution < -0.4 is 10.6 Å². The Kier molecular flexibility index (Phi) is 20.6. The number of fused-ring (bicyclic) bond motifs is 12. The van der Waals surface area contributed by atoms with E-state index < -0.39 is 46.3 Å². The van der Waals surface area contributed by atoms with E-state index in [0.29, 0.717) is 91.3 Å². The predicted molar refractivity (Wildman–Crippen MR) is 398 cm³/mol. The summed E-state index contributed by atoms with van der Waals surface area (Å²) in [7, 11) is 0. The SMILES string of the molecule is CC(C)C(=N)N(C(=O)C1CC1)c1nc2c([nH]1)C(=O)C(=O)c1cc(CC(=O)C3CC3)ccc1-2.CC(C)c1nc2c([nH]1)C(=O)C(=O)c1cc(CC(=O)C3CC3)ccc1-2.CC(C)c1nc2c([nH]1)C(=O)C(=O)c1cc(N)ccc1-2.CC(C)c1nc2c(n1C(=O)C1CC1)C(=O)C(=O)c1cc(CC(=O)C3CC3)ccc1-2.ClCCl. The number of amidine groups is 1. The van der Waals surface area contributed by atoms with Gasteiger partial charge in [0.2, 0.25) is 40.9 Å². The number of ketones is 11. The summed E-state index contributed by atoms with van der Waals surface area (Å²) >= 11 is 9.53. The maximum atomic E-state index is 13.0. The van der Waals surface area contributed by atoms with Crippen molar-refractivity contribution in [1.82, 2.24) is 39.5 Å². The quantitative estimate of drug-likeness (QED) is 0.0197. The molecule has 5 fully saturated rings. The molecule has 9 aliphatic carbocycles. The second kappa shape index (κ2) is 29.6. The van der Waals surface area contributed by atoms with Crippen LogP contribution >= 0.6 is 23.2 Å². The summed E-state index contributed by atoms with van der Waals surface area (Å²) in [5.74, 6) is -2.37. The molecule has 0 radical (unpaired) electrons. The van der Waals surface area contributed by atoms with Crippen LogP contribution in [0.4, 0.5) is 11.6 Å². The third kappa shape index (κ3) is 14.8. The fourth-order valence-electron chi connectivity index (χ4n) is 13.4. The number of aromatic nitrogens is 8. The number of hydrogen-bond donors (Lipinski definition) is 5. The molecule has 6 N–H and O–H groups in total. The number of anilines is 2. The van der Waals surface area contributed by atoms with Gasteiger partial charge >= 0.3 is 0 Å². The number of alkyl halides is 2. The van der Waals surface area contributed by atoms with Gasteiger partial charge in [0.15, 0.2) is 0 Å². The number of carbonyl (C=O) groups excluding carboxylic acids is 13. The van der Waals surface area contributed by atoms with E-state index in [1.54, 1.807) is 54.6 Å². The number of nitrogens with two attached hydrogens (primary N) is 1. The third-order valence-electron chi connectivity index (χ3n) is 20.2. The van der Waals surface area contributed by atoms with E-state index in [1.165, 1.54) is 15.5 Å². The first-order chi connectivity index (χ1) is 51.0. The molecule has 8 aromatic rings. The van der Waals surface area contributed by atoms with Gasteiger partial charge in [-0.3, -0.25) is 72.3 Å². The molecule has 24 nitrogen and oxygen atoms in total. The molecule has 0 spiro atoms. The van der Waals surface area contributed by atoms with Crippen LogP contribution in [0, 0.1) is 40.9 Å². The molecule has 0 saturated heterocycles. The van der Waals surface area contributed by atoms with Gasteiger partial charge in [-0.25, -0.2) is 24.8 Å². The average molecular weight is 1490 g/mol. The number of benzene rings is 4. The maximum Gasteiger partial charge on any atom is 0.252 e. The lowest BCUT2D eigenvalue weighted by molar-refractivity contribution is -0.120. The van der Waals surface area contributed by atoms with Crippen molar-refractivity contribution < 1.29 is 62.3 Å². The van der Waals surface area contributed by atoms with E-state index >= 15 is 0 Å². The van der Waals surface area contributed by atoms with Gasteiger partial charge < -0.3 is 20.7 Å². The highest BCUT2D eigenvalue weighted by atomic mass is 35.5. The van der Waals surface area contributed by atoms with Gasteiger partial charge in [0, 0.05) is 123 Å². The van der Waals surface area contributed by atoms with E-state index in [2.05, 4.69) is 34.9 Å². The van der Waals surface area contributed by atoms with Crippen LogP contribution in [-0.2, 0) is 38.4 Å². The minimum absolute atomic E-state index is 0.0319. The van der Waals surface area contributed by atoms with Gasteiger partial charge in [-0.05, 0) is 117 Å². The minimum atomic E-state index is -0.730. The Balaban J connectivity index is 0.000000126. The van der Waals surface area contributed by atoms with E-state index in [-0.39, 0.29) is 146 Å². The fourth-order valence-corrected chi connectivity index (χ4v) is 13.4. The Morgan fingerprint density at radius 2 is 0.804 bits per heavy atom. The van der Waals surface area contributed by atoms with Crippen molar-refractivity contribution >= 4 is 116 Å². The van der Waals surface area contributed by atoms with Crippen molar-refractivity contribution in [1.29, 1.82) is 5.41 Å². The molecule has 4 heterocycles. The summed E-state index contributed by atoms with van der Waals surface area (Å²) in [6, 6.07) is 20.6. The normalized spacial score (nSPS) is 16.3. The van der Waals surface area contributed by atoms with E-state index in [0.717, 1.165) is 75.3 Å². The summed E-state index contributed by atoms with van der Waals surface area (Å²) in [6.07, 6.45) is 9.64. The topological polar surface area (TPSA) is 379 Å². The largest absolute Gasteiger partial charge is 0.399 e. The van der Waals surface area contributed by atoms with E-state index in [1.807, 2.05) is 67.5 Å². The smallest absolute Gasteiger partial charge is 0.252 e. The van der Waals surface area contributed by atoms with Crippen LogP contribution in [0.3, 0.4) is 0 Å². The third-order valence-corrected chi connectivity index (χ3v) is 20.2. The lowest BCUT2D eigenvalue weighted by Crippen LogP contribution is -2.41. The van der Waals surface area contributed by atoms with E-state index in [4.69, 9.17) is 34.3 Å². The first-order valence-corrected chi connectivity index (χ1v) is 37.3. The van der Waals surface area contributed by atoms with Gasteiger partial charge in [-0.15, -0.1) is 23.2 Å². The zero-order chi connectivity index (χ0) is 76.6. The van der Waals surface area contributed by atoms with Gasteiger partial charge in [-0.1, -0.05) is 91.8 Å². The molecule has 0 aliphatic heterocycles. The summed E-state index contributed by atoms with van der Waals surface area (Å²) in [6.45, 7) is 15.4. The van der Waals surface area contributed by atoms with Crippen molar-refractivity contribution in [2.24, 2.45) is 35.5 Å². The van der Waals surface area contributed by atoms with Gasteiger partial charge in [0.25, 0.3) is 23.1 Å². The van der Waals surface area contributed by atoms with Crippen LogP contribution in [0.15, 0.2) is 72.8 Å². The Morgan fingerprint density at radius 1 is 0.449 bits per heavy atom. The standard InChI is InChI=1S/C24H24N4O4.C23H22N2O4.C19H18N2O3.C14H13N3O2.CH2Cl2/c1-11(2)22(25)28(23(32)14-6-7-14)24-26-18-15-8-3-12(10-17(29)13-4-5-13)9-16(15)20(30)21(31)19(18)27-24;1-11(2)22-24-18-15-8-3-12(10-17(26)13-4-5-13)9-16(15)20(27)21(28)19(18)25(22)23(29)14-6-7-14;1-9(2)19-20-15-12-6-3-10(8-14(22)11-4-5-11)7-13(12)17(23)18(24)16(15)21-19;1-6(2)14-16-10-8-4-3-7(15)5-9(8)12(18)13(19)11(10)17-14;2-1-3/h3,8-9,11,13-14,25H,4-7,10H2,1-2H3,(H,26,27);3,8-9,11,13-14H,4-7,10H2,1-2H3;3,6-7,9,11H,4-5,8H2,1-2H3,(H,20,21);3-6H,15H2,1-2H3,(H,16,17);1H2. The Bertz CT molecular complexity index is 5180. The number of nitrogens with zero attached hydrogens (tertiary/aromatic N) is 6. The molecule has 107 heavy (non-hydrogen) atoms. The molecule has 0 unspecified atom stereocenters. The van der Waals surface area contributed by atoms with Crippen molar-refractivity contribution in [3.05, 3.63) is 152 Å². The molecule has 550 valence electrons. The number of aromatic amines is 3. The molecule has 0 bridgehead atoms. The number of H-pyrrole nitrogens is 3. The maximum absolute atomic E-state index is 13.0. The Hall–Kier alpha value is -10.7. The first kappa shape index (κ1) is 74.5. The number of nitrogen functional groups attached to an aromatic ring is 1. The molecule has 17 rings (SSSR count). The minimum Gasteiger partial charge on any atom is -0.399 e. The van der Waals surface area contributed by atoms with E-state index in [9.17, 15) is 62.3 Å². The molecular weight excluding hydrogens is 1410 g/mol. The fraction of sp³-hybridized carbons (Fsp3) is 0.383. The van der Waals surface area contributed by atoms with Crippen molar-refractivity contribution in [3.63, 3.8) is 0 Å². The highest BCUT2D eigenvalue weighted by molar-refractivity contribution is 6.54. The highest BCUT2D eigenvalue weighted by Crippen LogP contribution is 2.43. The summed E-state index contributed by atoms with van der Waals surface area (Å²) in [4.78, 5) is 191. The number of carbonyl (C=O) groups is 13. The lowest BCUT2D eigenvalue weighted by atomic mass is 9.88. The van der Waals surface area contributed by atoms with Crippen LogP contribution in [0.5, 0.6) is 0 Å². The summed E-state index contributed by atoms with van der Waals surface area (Å²) in [5, 5.41) is 8.62. The van der Waals surface area contributed by atoms with Crippen LogP contribution in [0.2, 0.25) is 0 Å². The predicted octanol–water partition coefficient (Wildman–Crippen LogP) is 13.7. The molecular formula is C81H79Cl2N11O13. The first-order valence-electron chi connectivity index (χ1n) is 36.2. The number of amides is 1. The van der Waals surface area contributed by atoms with Gasteiger partial charge in [0.05, 0.1) is 5.34 Å².